The number of carbonyl (C=O) groups is 3. The molecule has 0 spiro atoms. The number of ether oxygens (including phenoxy) is 2. The summed E-state index contributed by atoms with van der Waals surface area (Å²) in [6.07, 6.45) is 2.52. The monoisotopic (exact) mass is 308 g/mol. The van der Waals surface area contributed by atoms with Crippen LogP contribution in [0.5, 0.6) is 0 Å². The molecule has 0 aliphatic carbocycles. The molecule has 0 amide bonds. The maximum Gasteiger partial charge on any atom is 0.339 e. The van der Waals surface area contributed by atoms with Gasteiger partial charge in [0.15, 0.2) is 0 Å². The fraction of sp³-hybridized carbons (Fsp3) is 0.267. The fourth-order valence-corrected chi connectivity index (χ4v) is 1.65. The minimum absolute atomic E-state index is 0.110. The van der Waals surface area contributed by atoms with Crippen LogP contribution in [0.1, 0.15) is 43.9 Å². The number of carboxylic acid groups (broad SMARTS) is 2. The summed E-state index contributed by atoms with van der Waals surface area (Å²) in [5.74, 6) is -3.47. The summed E-state index contributed by atoms with van der Waals surface area (Å²) in [4.78, 5) is 33.8. The van der Waals surface area contributed by atoms with Crippen molar-refractivity contribution in [2.24, 2.45) is 0 Å². The van der Waals surface area contributed by atoms with Crippen molar-refractivity contribution in [3.05, 3.63) is 47.7 Å². The molecule has 1 aromatic carbocycles. The number of hydrogen-bond acceptors (Lipinski definition) is 5. The van der Waals surface area contributed by atoms with Crippen LogP contribution in [0.4, 0.5) is 0 Å². The normalized spacial score (nSPS) is 9.82. The molecule has 0 saturated carbocycles. The highest BCUT2D eigenvalue weighted by molar-refractivity contribution is 6.04. The van der Waals surface area contributed by atoms with Crippen molar-refractivity contribution in [2.45, 2.75) is 12.8 Å². The van der Waals surface area contributed by atoms with Crippen LogP contribution >= 0.6 is 0 Å². The van der Waals surface area contributed by atoms with E-state index in [4.69, 9.17) is 19.7 Å². The molecule has 0 bridgehead atoms. The standard InChI is InChI=1S/C15H16O7/c1-2-21-7-3-4-8-22-15(20)11-6-5-10(13(16)17)9-12(11)14(18)19/h2,5-6,9H,1,3-4,7-8H2,(H,16,17)(H,18,19). The molecular formula is C15H16O7. The average molecular weight is 308 g/mol. The number of aromatic carboxylic acids is 2. The van der Waals surface area contributed by atoms with E-state index in [0.29, 0.717) is 19.4 Å². The van der Waals surface area contributed by atoms with Crippen molar-refractivity contribution in [1.82, 2.24) is 0 Å². The Labute approximate surface area is 126 Å². The molecule has 0 atom stereocenters. The van der Waals surface area contributed by atoms with Gasteiger partial charge in [0.2, 0.25) is 0 Å². The third-order valence-corrected chi connectivity index (χ3v) is 2.72. The molecule has 7 nitrogen and oxygen atoms in total. The van der Waals surface area contributed by atoms with Crippen LogP contribution in [0.3, 0.4) is 0 Å². The van der Waals surface area contributed by atoms with Crippen LogP contribution in [0.25, 0.3) is 0 Å². The predicted octanol–water partition coefficient (Wildman–Crippen LogP) is 2.18. The molecule has 7 heteroatoms. The number of carbonyl (C=O) groups excluding carboxylic acids is 1. The van der Waals surface area contributed by atoms with Crippen molar-refractivity contribution in [2.75, 3.05) is 13.2 Å². The molecule has 1 aromatic rings. The van der Waals surface area contributed by atoms with Gasteiger partial charge in [0.05, 0.1) is 36.2 Å². The first kappa shape index (κ1) is 17.2. The van der Waals surface area contributed by atoms with E-state index < -0.39 is 23.5 Å². The fourth-order valence-electron chi connectivity index (χ4n) is 1.65. The number of rotatable bonds is 9. The highest BCUT2D eigenvalue weighted by atomic mass is 16.5. The van der Waals surface area contributed by atoms with E-state index in [1.165, 1.54) is 6.26 Å². The smallest absolute Gasteiger partial charge is 0.339 e. The highest BCUT2D eigenvalue weighted by Gasteiger charge is 2.19. The lowest BCUT2D eigenvalue weighted by Gasteiger charge is -2.08. The molecule has 0 unspecified atom stereocenters. The van der Waals surface area contributed by atoms with E-state index in [-0.39, 0.29) is 17.7 Å². The molecule has 0 aromatic heterocycles. The Balaban J connectivity index is 2.70. The molecule has 1 rings (SSSR count). The molecule has 0 radical (unpaired) electrons. The number of esters is 1. The van der Waals surface area contributed by atoms with Gasteiger partial charge in [-0.15, -0.1) is 0 Å². The summed E-state index contributed by atoms with van der Waals surface area (Å²) in [6, 6.07) is 3.22. The van der Waals surface area contributed by atoms with Crippen molar-refractivity contribution in [3.8, 4) is 0 Å². The first-order chi connectivity index (χ1) is 10.5. The Kier molecular flexibility index (Phi) is 6.62. The summed E-state index contributed by atoms with van der Waals surface area (Å²) in [6.45, 7) is 3.95. The zero-order valence-corrected chi connectivity index (χ0v) is 11.8. The Hall–Kier alpha value is -2.83. The van der Waals surface area contributed by atoms with Gasteiger partial charge in [0, 0.05) is 0 Å². The summed E-state index contributed by atoms with van der Waals surface area (Å²) >= 11 is 0. The lowest BCUT2D eigenvalue weighted by Crippen LogP contribution is -2.14. The SMILES string of the molecule is C=COCCCCOC(=O)c1ccc(C(=O)O)cc1C(=O)O. The largest absolute Gasteiger partial charge is 0.502 e. The van der Waals surface area contributed by atoms with Gasteiger partial charge in [-0.2, -0.15) is 0 Å². The van der Waals surface area contributed by atoms with E-state index in [0.717, 1.165) is 18.2 Å². The van der Waals surface area contributed by atoms with Crippen molar-refractivity contribution in [1.29, 1.82) is 0 Å². The van der Waals surface area contributed by atoms with Gasteiger partial charge in [0.25, 0.3) is 0 Å². The summed E-state index contributed by atoms with van der Waals surface area (Å²) in [7, 11) is 0. The van der Waals surface area contributed by atoms with Gasteiger partial charge in [-0.25, -0.2) is 14.4 Å². The Bertz CT molecular complexity index is 577. The van der Waals surface area contributed by atoms with Gasteiger partial charge in [-0.05, 0) is 31.0 Å². The van der Waals surface area contributed by atoms with E-state index in [9.17, 15) is 14.4 Å². The van der Waals surface area contributed by atoms with E-state index in [1.807, 2.05) is 0 Å². The van der Waals surface area contributed by atoms with E-state index in [1.54, 1.807) is 0 Å². The molecular weight excluding hydrogens is 292 g/mol. The topological polar surface area (TPSA) is 110 Å². The number of benzene rings is 1. The quantitative estimate of drug-likeness (QED) is 0.408. The summed E-state index contributed by atoms with van der Waals surface area (Å²) in [5, 5.41) is 17.9. The summed E-state index contributed by atoms with van der Waals surface area (Å²) < 4.78 is 9.87. The maximum absolute atomic E-state index is 11.9. The lowest BCUT2D eigenvalue weighted by molar-refractivity contribution is 0.0481. The predicted molar refractivity (Wildman–Crippen MR) is 76.0 cm³/mol. The lowest BCUT2D eigenvalue weighted by atomic mass is 10.0. The van der Waals surface area contributed by atoms with E-state index >= 15 is 0 Å². The first-order valence-corrected chi connectivity index (χ1v) is 6.47. The Morgan fingerprint density at radius 1 is 1.05 bits per heavy atom. The van der Waals surface area contributed by atoms with Gasteiger partial charge in [-0.3, -0.25) is 0 Å². The van der Waals surface area contributed by atoms with Crippen molar-refractivity contribution in [3.63, 3.8) is 0 Å². The third kappa shape index (κ3) is 4.93. The molecule has 118 valence electrons. The van der Waals surface area contributed by atoms with E-state index in [2.05, 4.69) is 6.58 Å². The van der Waals surface area contributed by atoms with Gasteiger partial charge in [0.1, 0.15) is 0 Å². The van der Waals surface area contributed by atoms with Gasteiger partial charge >= 0.3 is 17.9 Å². The molecule has 0 aliphatic rings. The molecule has 2 N–H and O–H groups in total. The van der Waals surface area contributed by atoms with Gasteiger partial charge < -0.3 is 19.7 Å². The van der Waals surface area contributed by atoms with Gasteiger partial charge in [-0.1, -0.05) is 6.58 Å². The van der Waals surface area contributed by atoms with Crippen LogP contribution in [-0.2, 0) is 9.47 Å². The van der Waals surface area contributed by atoms with Crippen molar-refractivity contribution < 1.29 is 34.1 Å². The minimum atomic E-state index is -1.39. The number of unbranched alkanes of at least 4 members (excludes halogenated alkanes) is 1. The molecule has 0 saturated heterocycles. The van der Waals surface area contributed by atoms with Crippen molar-refractivity contribution >= 4 is 17.9 Å². The maximum atomic E-state index is 11.9. The minimum Gasteiger partial charge on any atom is -0.502 e. The average Bonchev–Trinajstić information content (AvgIpc) is 2.49. The third-order valence-electron chi connectivity index (χ3n) is 2.72. The second-order valence-corrected chi connectivity index (χ2v) is 4.25. The second-order valence-electron chi connectivity index (χ2n) is 4.25. The number of hydrogen-bond donors (Lipinski definition) is 2. The molecule has 22 heavy (non-hydrogen) atoms. The first-order valence-electron chi connectivity index (χ1n) is 6.47. The molecule has 0 heterocycles. The number of carboxylic acids is 2. The second kappa shape index (κ2) is 8.46. The van der Waals surface area contributed by atoms with Crippen LogP contribution in [0.2, 0.25) is 0 Å². The zero-order chi connectivity index (χ0) is 16.5. The molecule has 0 aliphatic heterocycles. The molecule has 0 fully saturated rings. The Morgan fingerprint density at radius 3 is 2.32 bits per heavy atom. The highest BCUT2D eigenvalue weighted by Crippen LogP contribution is 2.14. The zero-order valence-electron chi connectivity index (χ0n) is 11.8. The van der Waals surface area contributed by atoms with Crippen LogP contribution in [-0.4, -0.2) is 41.3 Å². The van der Waals surface area contributed by atoms with Crippen LogP contribution < -0.4 is 0 Å². The Morgan fingerprint density at radius 2 is 1.73 bits per heavy atom. The van der Waals surface area contributed by atoms with Crippen LogP contribution in [0, 0.1) is 0 Å². The van der Waals surface area contributed by atoms with Crippen LogP contribution in [0.15, 0.2) is 31.0 Å². The summed E-state index contributed by atoms with van der Waals surface area (Å²) in [5.41, 5.74) is -0.796.